The van der Waals surface area contributed by atoms with Crippen LogP contribution < -0.4 is 4.90 Å². The molecule has 2 atom stereocenters. The minimum Gasteiger partial charge on any atom is -0.297 e. The van der Waals surface area contributed by atoms with E-state index in [4.69, 9.17) is 0 Å². The van der Waals surface area contributed by atoms with Crippen LogP contribution in [0.3, 0.4) is 0 Å². The number of nitrogens with zero attached hydrogens (tertiary/aromatic N) is 3. The second-order valence-corrected chi connectivity index (χ2v) is 7.31. The number of anilines is 1. The fourth-order valence-corrected chi connectivity index (χ4v) is 3.30. The van der Waals surface area contributed by atoms with Crippen LogP contribution in [0, 0.1) is 11.8 Å². The van der Waals surface area contributed by atoms with Crippen LogP contribution in [0.15, 0.2) is 12.3 Å². The Labute approximate surface area is 124 Å². The molecule has 1 aliphatic heterocycles. The molecule has 0 aliphatic carbocycles. The van der Waals surface area contributed by atoms with Crippen molar-refractivity contribution in [2.75, 3.05) is 17.2 Å². The highest BCUT2D eigenvalue weighted by atomic mass is 32.3. The van der Waals surface area contributed by atoms with Crippen LogP contribution in [0.4, 0.5) is 9.70 Å². The van der Waals surface area contributed by atoms with E-state index in [0.717, 1.165) is 0 Å². The number of hydrogen-bond acceptors (Lipinski definition) is 4. The quantitative estimate of drug-likeness (QED) is 0.776. The largest absolute Gasteiger partial charge is 0.302 e. The van der Waals surface area contributed by atoms with Crippen molar-refractivity contribution < 1.29 is 17.1 Å². The van der Waals surface area contributed by atoms with Crippen LogP contribution in [-0.4, -0.2) is 36.4 Å². The third-order valence-corrected chi connectivity index (χ3v) is 4.79. The predicted octanol–water partition coefficient (Wildman–Crippen LogP) is 1.75. The minimum absolute atomic E-state index is 0.0460. The first kappa shape index (κ1) is 15.9. The highest BCUT2D eigenvalue weighted by molar-refractivity contribution is 7.86. The predicted molar refractivity (Wildman–Crippen MR) is 77.1 cm³/mol. The first-order valence-electron chi connectivity index (χ1n) is 6.95. The Bertz CT molecular complexity index is 626. The van der Waals surface area contributed by atoms with Crippen LogP contribution in [-0.2, 0) is 15.0 Å². The summed E-state index contributed by atoms with van der Waals surface area (Å²) in [6.07, 6.45) is 1.66. The molecule has 1 aliphatic rings. The number of rotatable bonds is 5. The number of amides is 1. The lowest BCUT2D eigenvalue weighted by Crippen LogP contribution is -2.29. The maximum Gasteiger partial charge on any atom is 0.302 e. The summed E-state index contributed by atoms with van der Waals surface area (Å²) >= 11 is 0. The van der Waals surface area contributed by atoms with Crippen molar-refractivity contribution >= 4 is 21.9 Å². The average Bonchev–Trinajstić information content (AvgIpc) is 2.92. The third-order valence-electron chi connectivity index (χ3n) is 3.92. The first-order valence-corrected chi connectivity index (χ1v) is 8.50. The van der Waals surface area contributed by atoms with E-state index in [1.165, 1.54) is 4.90 Å². The van der Waals surface area contributed by atoms with Gasteiger partial charge in [-0.1, -0.05) is 13.8 Å². The number of halogens is 1. The second kappa shape index (κ2) is 5.75. The molecule has 0 bridgehead atoms. The van der Waals surface area contributed by atoms with Gasteiger partial charge in [-0.3, -0.25) is 9.69 Å². The summed E-state index contributed by atoms with van der Waals surface area (Å²) in [4.78, 5) is 13.6. The molecule has 8 heteroatoms. The molecule has 0 saturated carbocycles. The van der Waals surface area contributed by atoms with Gasteiger partial charge in [-0.05, 0) is 12.8 Å². The first-order chi connectivity index (χ1) is 9.69. The summed E-state index contributed by atoms with van der Waals surface area (Å²) in [5.41, 5.74) is 0. The summed E-state index contributed by atoms with van der Waals surface area (Å²) in [6.45, 7) is 6.32. The van der Waals surface area contributed by atoms with Gasteiger partial charge >= 0.3 is 10.2 Å². The third kappa shape index (κ3) is 3.61. The molecule has 21 heavy (non-hydrogen) atoms. The Hall–Kier alpha value is -1.44. The molecule has 1 aromatic heterocycles. The Balaban J connectivity index is 2.20. The second-order valence-electron chi connectivity index (χ2n) is 5.90. The van der Waals surface area contributed by atoms with Gasteiger partial charge in [0.1, 0.15) is 5.82 Å². The highest BCUT2D eigenvalue weighted by Gasteiger charge is 2.35. The van der Waals surface area contributed by atoms with E-state index < -0.39 is 21.9 Å². The van der Waals surface area contributed by atoms with Crippen molar-refractivity contribution in [3.05, 3.63) is 12.3 Å². The van der Waals surface area contributed by atoms with Gasteiger partial charge in [-0.15, -0.1) is 3.89 Å². The van der Waals surface area contributed by atoms with E-state index in [-0.39, 0.29) is 24.9 Å². The molecular formula is C13H20FN3O3S. The number of carbonyl (C=O) groups is 1. The van der Waals surface area contributed by atoms with Crippen LogP contribution in [0.5, 0.6) is 0 Å². The van der Waals surface area contributed by atoms with Crippen LogP contribution in [0.25, 0.3) is 0 Å². The number of hydrogen-bond donors (Lipinski definition) is 0. The van der Waals surface area contributed by atoms with E-state index in [2.05, 4.69) is 18.9 Å². The van der Waals surface area contributed by atoms with Crippen molar-refractivity contribution in [3.63, 3.8) is 0 Å². The zero-order valence-electron chi connectivity index (χ0n) is 12.4. The van der Waals surface area contributed by atoms with Gasteiger partial charge in [0, 0.05) is 24.9 Å². The van der Waals surface area contributed by atoms with Crippen molar-refractivity contribution in [3.8, 4) is 0 Å². The summed E-state index contributed by atoms with van der Waals surface area (Å²) in [6, 6.07) is 1.83. The SMILES string of the molecule is CC(C)C(C)n1nccc1N1CC(CS(=O)(=O)F)CC1=O. The maximum atomic E-state index is 12.8. The molecule has 6 nitrogen and oxygen atoms in total. The number of aromatic nitrogens is 2. The molecule has 2 rings (SSSR count). The summed E-state index contributed by atoms with van der Waals surface area (Å²) in [5, 5.41) is 4.25. The monoisotopic (exact) mass is 317 g/mol. The summed E-state index contributed by atoms with van der Waals surface area (Å²) in [7, 11) is -4.56. The fraction of sp³-hybridized carbons (Fsp3) is 0.692. The fourth-order valence-electron chi connectivity index (χ4n) is 2.51. The minimum atomic E-state index is -4.56. The van der Waals surface area contributed by atoms with Crippen molar-refractivity contribution in [2.24, 2.45) is 11.8 Å². The van der Waals surface area contributed by atoms with Gasteiger partial charge < -0.3 is 0 Å². The van der Waals surface area contributed by atoms with E-state index in [0.29, 0.717) is 11.7 Å². The van der Waals surface area contributed by atoms with Crippen molar-refractivity contribution in [1.82, 2.24) is 9.78 Å². The Morgan fingerprint density at radius 3 is 2.67 bits per heavy atom. The molecule has 2 unspecified atom stereocenters. The lowest BCUT2D eigenvalue weighted by molar-refractivity contribution is -0.117. The highest BCUT2D eigenvalue weighted by Crippen LogP contribution is 2.29. The maximum absolute atomic E-state index is 12.8. The topological polar surface area (TPSA) is 72.3 Å². The van der Waals surface area contributed by atoms with E-state index >= 15 is 0 Å². The molecule has 0 spiro atoms. The van der Waals surface area contributed by atoms with E-state index in [9.17, 15) is 17.1 Å². The lowest BCUT2D eigenvalue weighted by atomic mass is 10.1. The van der Waals surface area contributed by atoms with Crippen LogP contribution in [0.1, 0.15) is 33.2 Å². The van der Waals surface area contributed by atoms with Gasteiger partial charge in [0.05, 0.1) is 18.0 Å². The Kier molecular flexibility index (Phi) is 4.36. The summed E-state index contributed by atoms with van der Waals surface area (Å²) < 4.78 is 36.0. The van der Waals surface area contributed by atoms with E-state index in [1.54, 1.807) is 16.9 Å². The zero-order valence-corrected chi connectivity index (χ0v) is 13.2. The van der Waals surface area contributed by atoms with Gasteiger partial charge in [0.15, 0.2) is 0 Å². The summed E-state index contributed by atoms with van der Waals surface area (Å²) in [5.74, 6) is -0.335. The van der Waals surface area contributed by atoms with Gasteiger partial charge in [-0.2, -0.15) is 13.5 Å². The smallest absolute Gasteiger partial charge is 0.297 e. The molecule has 0 aromatic carbocycles. The molecule has 0 N–H and O–H groups in total. The normalized spacial score (nSPS) is 21.3. The zero-order chi connectivity index (χ0) is 15.8. The van der Waals surface area contributed by atoms with Crippen molar-refractivity contribution in [1.29, 1.82) is 0 Å². The van der Waals surface area contributed by atoms with Gasteiger partial charge in [-0.25, -0.2) is 4.68 Å². The van der Waals surface area contributed by atoms with Crippen LogP contribution >= 0.6 is 0 Å². The van der Waals surface area contributed by atoms with Crippen LogP contribution in [0.2, 0.25) is 0 Å². The number of carbonyl (C=O) groups excluding carboxylic acids is 1. The molecule has 1 fully saturated rings. The average molecular weight is 317 g/mol. The molecule has 1 saturated heterocycles. The Morgan fingerprint density at radius 1 is 1.43 bits per heavy atom. The molecule has 118 valence electrons. The molecule has 0 radical (unpaired) electrons. The standard InChI is InChI=1S/C13H20FN3O3S/c1-9(2)10(3)17-12(4-5-15-17)16-7-11(6-13(16)18)8-21(14,19)20/h4-5,9-11H,6-8H2,1-3H3. The van der Waals surface area contributed by atoms with Crippen molar-refractivity contribution in [2.45, 2.75) is 33.2 Å². The molecular weight excluding hydrogens is 297 g/mol. The molecule has 2 heterocycles. The lowest BCUT2D eigenvalue weighted by Gasteiger charge is -2.23. The van der Waals surface area contributed by atoms with E-state index in [1.807, 2.05) is 6.92 Å². The molecule has 1 amide bonds. The molecule has 1 aromatic rings. The Morgan fingerprint density at radius 2 is 2.10 bits per heavy atom. The van der Waals surface area contributed by atoms with Gasteiger partial charge in [0.2, 0.25) is 5.91 Å². The van der Waals surface area contributed by atoms with Gasteiger partial charge in [0.25, 0.3) is 0 Å².